The SMILES string of the molecule is CC(=O)OC1CC(=O)N1c1ccc(CN2C(=O)[C@]3(O[C@H](CCn4cc(CCO)nn4)[C@@H]([Si](C)(C)O)[C@@H]3C)c3cc(Cl)ccc32)cc1. The van der Waals surface area contributed by atoms with E-state index in [2.05, 4.69) is 10.3 Å². The maximum Gasteiger partial charge on any atom is 0.304 e. The highest BCUT2D eigenvalue weighted by Crippen LogP contribution is 2.60. The number of amides is 2. The zero-order valence-corrected chi connectivity index (χ0v) is 28.0. The van der Waals surface area contributed by atoms with Crippen LogP contribution in [0.5, 0.6) is 0 Å². The summed E-state index contributed by atoms with van der Waals surface area (Å²) in [7, 11) is -2.86. The van der Waals surface area contributed by atoms with Crippen LogP contribution in [0.3, 0.4) is 0 Å². The Hall–Kier alpha value is -3.62. The molecule has 3 aromatic rings. The fourth-order valence-corrected chi connectivity index (χ4v) is 10.1. The molecule has 4 heterocycles. The van der Waals surface area contributed by atoms with Gasteiger partial charge in [-0.3, -0.25) is 24.0 Å². The molecule has 14 heteroatoms. The quantitative estimate of drug-likeness (QED) is 0.188. The molecule has 1 unspecified atom stereocenters. The Balaban J connectivity index is 1.28. The first-order chi connectivity index (χ1) is 21.8. The molecule has 2 fully saturated rings. The molecule has 244 valence electrons. The molecule has 3 aliphatic heterocycles. The van der Waals surface area contributed by atoms with Gasteiger partial charge in [-0.25, -0.2) is 0 Å². The predicted molar refractivity (Wildman–Crippen MR) is 171 cm³/mol. The Morgan fingerprint density at radius 2 is 1.93 bits per heavy atom. The first kappa shape index (κ1) is 32.3. The highest BCUT2D eigenvalue weighted by atomic mass is 35.5. The summed E-state index contributed by atoms with van der Waals surface area (Å²) in [6, 6.07) is 12.6. The average Bonchev–Trinajstić information content (AvgIpc) is 3.62. The second kappa shape index (κ2) is 12.2. The maximum atomic E-state index is 14.6. The molecular formula is C32H38ClN5O7Si. The first-order valence-electron chi connectivity index (χ1n) is 15.4. The van der Waals surface area contributed by atoms with Crippen LogP contribution in [0.15, 0.2) is 48.7 Å². The highest BCUT2D eigenvalue weighted by molar-refractivity contribution is 6.71. The van der Waals surface area contributed by atoms with Crippen molar-refractivity contribution in [2.75, 3.05) is 16.4 Å². The van der Waals surface area contributed by atoms with Crippen LogP contribution < -0.4 is 9.80 Å². The minimum atomic E-state index is -2.86. The standard InChI is InChI=1S/C32H38ClN5O7Si/c1-19-30(46(3,4)43)27(11-13-36-18-23(12-14-39)34-35-36)45-32(19)25-15-22(33)7-10-26(25)37(31(32)42)17-21-5-8-24(9-6-21)38-28(41)16-29(38)44-20(2)40/h5-10,15,18-19,27,29-30,39,43H,11-14,16-17H2,1-4H3/t19-,27+,29?,30-,32+/m0/s1. The molecule has 2 aromatic carbocycles. The number of aliphatic hydroxyl groups is 1. The van der Waals surface area contributed by atoms with Crippen LogP contribution in [-0.2, 0) is 49.0 Å². The molecule has 12 nitrogen and oxygen atoms in total. The van der Waals surface area contributed by atoms with Gasteiger partial charge < -0.3 is 24.3 Å². The van der Waals surface area contributed by atoms with Crippen LogP contribution in [0, 0.1) is 5.92 Å². The summed E-state index contributed by atoms with van der Waals surface area (Å²) in [5.74, 6) is -1.16. The topological polar surface area (TPSA) is 147 Å². The third-order valence-electron chi connectivity index (χ3n) is 9.31. The Morgan fingerprint density at radius 3 is 2.59 bits per heavy atom. The number of ether oxygens (including phenoxy) is 2. The number of β-lactam (4-membered cyclic amide) rings is 1. The van der Waals surface area contributed by atoms with Gasteiger partial charge in [0.15, 0.2) is 20.1 Å². The molecule has 1 spiro atoms. The van der Waals surface area contributed by atoms with Crippen molar-refractivity contribution in [2.24, 2.45) is 5.92 Å². The number of nitrogens with zero attached hydrogens (tertiary/aromatic N) is 5. The van der Waals surface area contributed by atoms with Crippen molar-refractivity contribution in [2.45, 2.75) is 82.8 Å². The van der Waals surface area contributed by atoms with Crippen LogP contribution in [0.4, 0.5) is 11.4 Å². The fraction of sp³-hybridized carbons (Fsp3) is 0.469. The fourth-order valence-electron chi connectivity index (χ4n) is 7.34. The summed E-state index contributed by atoms with van der Waals surface area (Å²) in [6.07, 6.45) is 1.79. The van der Waals surface area contributed by atoms with Crippen molar-refractivity contribution < 1.29 is 33.8 Å². The third-order valence-corrected chi connectivity index (χ3v) is 12.0. The van der Waals surface area contributed by atoms with Crippen molar-refractivity contribution in [1.82, 2.24) is 15.0 Å². The van der Waals surface area contributed by atoms with Crippen LogP contribution in [-0.4, -0.2) is 69.9 Å². The molecule has 2 saturated heterocycles. The number of aromatic nitrogens is 3. The number of anilines is 2. The van der Waals surface area contributed by atoms with Crippen molar-refractivity contribution in [3.63, 3.8) is 0 Å². The number of carbonyl (C=O) groups is 3. The van der Waals surface area contributed by atoms with Gasteiger partial charge in [-0.05, 0) is 55.4 Å². The molecule has 2 N–H and O–H groups in total. The number of halogens is 1. The largest absolute Gasteiger partial charge is 0.441 e. The summed E-state index contributed by atoms with van der Waals surface area (Å²) < 4.78 is 13.8. The smallest absolute Gasteiger partial charge is 0.304 e. The van der Waals surface area contributed by atoms with Gasteiger partial charge in [0.1, 0.15) is 0 Å². The zero-order chi connectivity index (χ0) is 33.0. The molecule has 0 radical (unpaired) electrons. The van der Waals surface area contributed by atoms with Crippen LogP contribution in [0.25, 0.3) is 0 Å². The normalized spacial score (nSPS) is 25.7. The molecule has 46 heavy (non-hydrogen) atoms. The van der Waals surface area contributed by atoms with Gasteiger partial charge in [0.2, 0.25) is 5.91 Å². The number of hydrogen-bond donors (Lipinski definition) is 2. The molecule has 6 rings (SSSR count). The summed E-state index contributed by atoms with van der Waals surface area (Å²) in [6.45, 7) is 7.75. The average molecular weight is 668 g/mol. The number of fused-ring (bicyclic) bond motifs is 2. The Bertz CT molecular complexity index is 1660. The van der Waals surface area contributed by atoms with Gasteiger partial charge in [-0.1, -0.05) is 35.9 Å². The molecule has 3 aliphatic rings. The minimum Gasteiger partial charge on any atom is -0.441 e. The number of carbonyl (C=O) groups excluding carboxylic acids is 3. The lowest BCUT2D eigenvalue weighted by Crippen LogP contribution is -2.54. The Labute approximate surface area is 273 Å². The third kappa shape index (κ3) is 5.64. The number of aryl methyl sites for hydroxylation is 1. The van der Waals surface area contributed by atoms with E-state index in [-0.39, 0.29) is 42.8 Å². The number of aliphatic hydroxyl groups excluding tert-OH is 1. The van der Waals surface area contributed by atoms with Gasteiger partial charge in [0, 0.05) is 60.4 Å². The maximum absolute atomic E-state index is 14.6. The van der Waals surface area contributed by atoms with Crippen molar-refractivity contribution in [3.8, 4) is 0 Å². The van der Waals surface area contributed by atoms with E-state index in [4.69, 9.17) is 21.1 Å². The lowest BCUT2D eigenvalue weighted by Gasteiger charge is -2.39. The van der Waals surface area contributed by atoms with E-state index in [0.29, 0.717) is 47.0 Å². The van der Waals surface area contributed by atoms with E-state index in [1.165, 1.54) is 11.8 Å². The van der Waals surface area contributed by atoms with Gasteiger partial charge in [0.05, 0.1) is 30.5 Å². The number of hydrogen-bond acceptors (Lipinski definition) is 9. The second-order valence-electron chi connectivity index (χ2n) is 12.8. The van der Waals surface area contributed by atoms with E-state index in [0.717, 1.165) is 5.56 Å². The van der Waals surface area contributed by atoms with Crippen molar-refractivity contribution in [3.05, 3.63) is 70.5 Å². The molecule has 0 aliphatic carbocycles. The van der Waals surface area contributed by atoms with Crippen molar-refractivity contribution >= 4 is 49.1 Å². The van der Waals surface area contributed by atoms with Crippen LogP contribution >= 0.6 is 11.6 Å². The summed E-state index contributed by atoms with van der Waals surface area (Å²) in [5, 5.41) is 18.0. The molecule has 5 atom stereocenters. The summed E-state index contributed by atoms with van der Waals surface area (Å²) >= 11 is 6.52. The van der Waals surface area contributed by atoms with Crippen LogP contribution in [0.1, 0.15) is 43.5 Å². The van der Waals surface area contributed by atoms with E-state index in [1.54, 1.807) is 40.0 Å². The Morgan fingerprint density at radius 1 is 1.20 bits per heavy atom. The minimum absolute atomic E-state index is 0.0176. The van der Waals surface area contributed by atoms with Gasteiger partial charge >= 0.3 is 5.97 Å². The van der Waals surface area contributed by atoms with Gasteiger partial charge in [0.25, 0.3) is 5.91 Å². The monoisotopic (exact) mass is 667 g/mol. The van der Waals surface area contributed by atoms with E-state index in [1.807, 2.05) is 38.2 Å². The number of rotatable bonds is 10. The zero-order valence-electron chi connectivity index (χ0n) is 26.2. The van der Waals surface area contributed by atoms with Crippen LogP contribution in [0.2, 0.25) is 23.7 Å². The number of benzene rings is 2. The predicted octanol–water partition coefficient (Wildman–Crippen LogP) is 3.53. The first-order valence-corrected chi connectivity index (χ1v) is 18.8. The molecule has 2 amide bonds. The Kier molecular flexibility index (Phi) is 8.57. The summed E-state index contributed by atoms with van der Waals surface area (Å²) in [5.41, 5.74) is 1.89. The second-order valence-corrected chi connectivity index (χ2v) is 17.3. The molecular weight excluding hydrogens is 630 g/mol. The lowest BCUT2D eigenvalue weighted by molar-refractivity contribution is -0.154. The molecule has 0 saturated carbocycles. The molecule has 0 bridgehead atoms. The van der Waals surface area contributed by atoms with E-state index in [9.17, 15) is 24.3 Å². The molecule has 1 aromatic heterocycles. The van der Waals surface area contributed by atoms with E-state index >= 15 is 0 Å². The highest BCUT2D eigenvalue weighted by Gasteiger charge is 2.66. The van der Waals surface area contributed by atoms with E-state index < -0.39 is 32.2 Å². The van der Waals surface area contributed by atoms with Crippen molar-refractivity contribution in [1.29, 1.82) is 0 Å². The number of esters is 1. The lowest BCUT2D eigenvalue weighted by atomic mass is 9.82. The van der Waals surface area contributed by atoms with Gasteiger partial charge in [-0.15, -0.1) is 5.10 Å². The van der Waals surface area contributed by atoms with Gasteiger partial charge in [-0.2, -0.15) is 0 Å². The summed E-state index contributed by atoms with van der Waals surface area (Å²) in [4.78, 5) is 53.0.